The molecule has 6 nitrogen and oxygen atoms in total. The number of piperazine rings is 1. The minimum absolute atomic E-state index is 0.00483. The van der Waals surface area contributed by atoms with Gasteiger partial charge < -0.3 is 14.7 Å². The second-order valence-corrected chi connectivity index (χ2v) is 11.4. The van der Waals surface area contributed by atoms with Crippen molar-refractivity contribution in [3.63, 3.8) is 0 Å². The Hall–Kier alpha value is -2.89. The molecular weight excluding hydrogens is 448 g/mol. The van der Waals surface area contributed by atoms with Crippen molar-refractivity contribution in [1.29, 1.82) is 0 Å². The number of carbonyl (C=O) groups is 2. The molecule has 1 spiro atoms. The smallest absolute Gasteiger partial charge is 0.230 e. The lowest BCUT2D eigenvalue weighted by Crippen LogP contribution is -2.50. The number of hydrogen-bond acceptors (Lipinski definition) is 4. The zero-order valence-corrected chi connectivity index (χ0v) is 21.2. The third-order valence-corrected chi connectivity index (χ3v) is 9.42. The van der Waals surface area contributed by atoms with Crippen molar-refractivity contribution in [3.8, 4) is 0 Å². The summed E-state index contributed by atoms with van der Waals surface area (Å²) < 4.78 is 0. The highest BCUT2D eigenvalue weighted by atomic mass is 16.2. The number of aromatic nitrogens is 1. The van der Waals surface area contributed by atoms with Gasteiger partial charge in [-0.1, -0.05) is 49.2 Å². The average Bonchev–Trinajstić information content (AvgIpc) is 3.36. The first-order chi connectivity index (χ1) is 17.6. The van der Waals surface area contributed by atoms with E-state index in [9.17, 15) is 9.59 Å². The van der Waals surface area contributed by atoms with Crippen molar-refractivity contribution >= 4 is 17.6 Å². The molecule has 6 heteroatoms. The SMILES string of the molecule is O=C(C(c1ccccc1)C1CCCC1)N1CCC2(CC1)CC2C(=O)N1CCN(c2ccccn2)CC1. The molecule has 4 fully saturated rings. The Labute approximate surface area is 214 Å². The molecule has 6 rings (SSSR count). The number of nitrogens with zero attached hydrogens (tertiary/aromatic N) is 4. The molecular formula is C30H38N4O2. The highest BCUT2D eigenvalue weighted by molar-refractivity contribution is 5.85. The molecule has 2 aliphatic carbocycles. The van der Waals surface area contributed by atoms with Gasteiger partial charge in [0.05, 0.1) is 5.92 Å². The van der Waals surface area contributed by atoms with E-state index in [0.717, 1.165) is 77.2 Å². The molecule has 2 unspecified atom stereocenters. The van der Waals surface area contributed by atoms with Crippen molar-refractivity contribution in [1.82, 2.24) is 14.8 Å². The second-order valence-electron chi connectivity index (χ2n) is 11.4. The van der Waals surface area contributed by atoms with Gasteiger partial charge in [-0.25, -0.2) is 4.98 Å². The van der Waals surface area contributed by atoms with Crippen LogP contribution in [0.25, 0.3) is 0 Å². The molecule has 190 valence electrons. The Bertz CT molecular complexity index is 1050. The highest BCUT2D eigenvalue weighted by Crippen LogP contribution is 2.60. The molecule has 0 N–H and O–H groups in total. The molecule has 2 atom stereocenters. The summed E-state index contributed by atoms with van der Waals surface area (Å²) in [5, 5.41) is 0. The summed E-state index contributed by atoms with van der Waals surface area (Å²) in [4.78, 5) is 38.1. The van der Waals surface area contributed by atoms with Crippen molar-refractivity contribution < 1.29 is 9.59 Å². The fourth-order valence-corrected chi connectivity index (χ4v) is 7.10. The predicted octanol–water partition coefficient (Wildman–Crippen LogP) is 4.33. The van der Waals surface area contributed by atoms with Crippen molar-refractivity contribution in [3.05, 3.63) is 60.3 Å². The first kappa shape index (κ1) is 23.5. The van der Waals surface area contributed by atoms with Gasteiger partial charge in [-0.05, 0) is 61.1 Å². The molecule has 2 saturated carbocycles. The number of hydrogen-bond donors (Lipinski definition) is 0. The summed E-state index contributed by atoms with van der Waals surface area (Å²) in [6, 6.07) is 16.4. The third-order valence-electron chi connectivity index (χ3n) is 9.42. The van der Waals surface area contributed by atoms with Gasteiger partial charge in [0.2, 0.25) is 11.8 Å². The average molecular weight is 487 g/mol. The maximum atomic E-state index is 13.8. The van der Waals surface area contributed by atoms with E-state index in [4.69, 9.17) is 0 Å². The first-order valence-electron chi connectivity index (χ1n) is 13.9. The fraction of sp³-hybridized carbons (Fsp3) is 0.567. The van der Waals surface area contributed by atoms with Gasteiger partial charge in [0.15, 0.2) is 0 Å². The molecule has 0 bridgehead atoms. The Morgan fingerprint density at radius 1 is 0.833 bits per heavy atom. The number of piperidine rings is 1. The largest absolute Gasteiger partial charge is 0.353 e. The topological polar surface area (TPSA) is 56.8 Å². The van der Waals surface area contributed by atoms with E-state index in [1.54, 1.807) is 0 Å². The first-order valence-corrected chi connectivity index (χ1v) is 13.9. The van der Waals surface area contributed by atoms with Crippen LogP contribution in [0.3, 0.4) is 0 Å². The van der Waals surface area contributed by atoms with Crippen LogP contribution in [-0.4, -0.2) is 65.9 Å². The van der Waals surface area contributed by atoms with Crippen LogP contribution in [-0.2, 0) is 9.59 Å². The third kappa shape index (κ3) is 4.51. The molecule has 4 aliphatic rings. The van der Waals surface area contributed by atoms with E-state index in [0.29, 0.717) is 17.7 Å². The van der Waals surface area contributed by atoms with Crippen LogP contribution in [0.2, 0.25) is 0 Å². The van der Waals surface area contributed by atoms with Gasteiger partial charge in [0.25, 0.3) is 0 Å². The van der Waals surface area contributed by atoms with Crippen LogP contribution >= 0.6 is 0 Å². The molecule has 2 saturated heterocycles. The molecule has 2 aromatic rings. The number of anilines is 1. The van der Waals surface area contributed by atoms with Crippen LogP contribution in [0.4, 0.5) is 5.82 Å². The van der Waals surface area contributed by atoms with Crippen LogP contribution in [0.1, 0.15) is 56.4 Å². The quantitative estimate of drug-likeness (QED) is 0.631. The molecule has 1 aromatic heterocycles. The highest BCUT2D eigenvalue weighted by Gasteiger charge is 2.59. The number of pyridine rings is 1. The summed E-state index contributed by atoms with van der Waals surface area (Å²) in [6.45, 7) is 4.82. The van der Waals surface area contributed by atoms with Gasteiger partial charge in [0, 0.05) is 51.4 Å². The van der Waals surface area contributed by atoms with E-state index in [1.165, 1.54) is 18.4 Å². The zero-order valence-electron chi connectivity index (χ0n) is 21.2. The maximum absolute atomic E-state index is 13.8. The minimum atomic E-state index is -0.00483. The Kier molecular flexibility index (Phi) is 6.44. The molecule has 36 heavy (non-hydrogen) atoms. The predicted molar refractivity (Wildman–Crippen MR) is 141 cm³/mol. The van der Waals surface area contributed by atoms with Crippen LogP contribution in [0, 0.1) is 17.3 Å². The van der Waals surface area contributed by atoms with E-state index < -0.39 is 0 Å². The lowest BCUT2D eigenvalue weighted by molar-refractivity contribution is -0.136. The van der Waals surface area contributed by atoms with Gasteiger partial charge in [-0.3, -0.25) is 9.59 Å². The summed E-state index contributed by atoms with van der Waals surface area (Å²) >= 11 is 0. The van der Waals surface area contributed by atoms with Crippen LogP contribution < -0.4 is 4.90 Å². The number of benzene rings is 1. The van der Waals surface area contributed by atoms with Gasteiger partial charge >= 0.3 is 0 Å². The van der Waals surface area contributed by atoms with Crippen molar-refractivity contribution in [2.45, 2.75) is 50.9 Å². The fourth-order valence-electron chi connectivity index (χ4n) is 7.10. The lowest BCUT2D eigenvalue weighted by atomic mass is 9.82. The Balaban J connectivity index is 1.04. The minimum Gasteiger partial charge on any atom is -0.353 e. The summed E-state index contributed by atoms with van der Waals surface area (Å²) in [6.07, 6.45) is 9.56. The molecule has 3 heterocycles. The van der Waals surface area contributed by atoms with Crippen LogP contribution in [0.5, 0.6) is 0 Å². The lowest BCUT2D eigenvalue weighted by Gasteiger charge is -2.38. The number of amides is 2. The Morgan fingerprint density at radius 2 is 1.53 bits per heavy atom. The molecule has 2 amide bonds. The van der Waals surface area contributed by atoms with Gasteiger partial charge in [-0.2, -0.15) is 0 Å². The summed E-state index contributed by atoms with van der Waals surface area (Å²) in [5.74, 6) is 2.26. The van der Waals surface area contributed by atoms with E-state index in [-0.39, 0.29) is 17.3 Å². The maximum Gasteiger partial charge on any atom is 0.230 e. The molecule has 0 radical (unpaired) electrons. The zero-order chi connectivity index (χ0) is 24.5. The van der Waals surface area contributed by atoms with Crippen molar-refractivity contribution in [2.75, 3.05) is 44.2 Å². The van der Waals surface area contributed by atoms with E-state index >= 15 is 0 Å². The normalized spacial score (nSPS) is 24.7. The van der Waals surface area contributed by atoms with Crippen LogP contribution in [0.15, 0.2) is 54.7 Å². The van der Waals surface area contributed by atoms with E-state index in [1.807, 2.05) is 30.5 Å². The summed E-state index contributed by atoms with van der Waals surface area (Å²) in [7, 11) is 0. The van der Waals surface area contributed by atoms with Crippen molar-refractivity contribution in [2.24, 2.45) is 17.3 Å². The van der Waals surface area contributed by atoms with Gasteiger partial charge in [0.1, 0.15) is 5.82 Å². The number of carbonyl (C=O) groups excluding carboxylic acids is 2. The molecule has 1 aromatic carbocycles. The van der Waals surface area contributed by atoms with E-state index in [2.05, 4.69) is 43.9 Å². The standard InChI is InChI=1S/C30H38N4O2/c35-28(34-20-18-32(19-21-34)26-12-6-7-15-31-26)25-22-30(25)13-16-33(17-14-30)29(36)27(24-10-4-5-11-24)23-8-2-1-3-9-23/h1-3,6-9,12,15,24-25,27H,4-5,10-11,13-14,16-22H2. The number of likely N-dealkylation sites (tertiary alicyclic amines) is 1. The second kappa shape index (κ2) is 9.87. The van der Waals surface area contributed by atoms with Gasteiger partial charge in [-0.15, -0.1) is 0 Å². The number of rotatable bonds is 5. The molecule has 2 aliphatic heterocycles. The monoisotopic (exact) mass is 486 g/mol. The Morgan fingerprint density at radius 3 is 2.19 bits per heavy atom. The summed E-state index contributed by atoms with van der Waals surface area (Å²) in [5.41, 5.74) is 1.31.